The smallest absolute Gasteiger partial charge is 0.226 e. The normalized spacial score (nSPS) is 23.2. The fourth-order valence-electron chi connectivity index (χ4n) is 3.08. The van der Waals surface area contributed by atoms with Gasteiger partial charge in [0.25, 0.3) is 0 Å². The molecule has 3 heterocycles. The first-order chi connectivity index (χ1) is 12.5. The van der Waals surface area contributed by atoms with E-state index in [9.17, 15) is 4.79 Å². The first-order valence-electron chi connectivity index (χ1n) is 8.92. The van der Waals surface area contributed by atoms with E-state index in [1.165, 1.54) is 24.4 Å². The first-order valence-corrected chi connectivity index (χ1v) is 9.69. The largest absolute Gasteiger partial charge is 0.370 e. The van der Waals surface area contributed by atoms with Gasteiger partial charge >= 0.3 is 0 Å². The van der Waals surface area contributed by atoms with Crippen molar-refractivity contribution in [3.8, 4) is 0 Å². The molecule has 2 aliphatic rings. The Kier molecular flexibility index (Phi) is 4.66. The molecule has 0 radical (unpaired) electrons. The van der Waals surface area contributed by atoms with E-state index in [0.29, 0.717) is 37.1 Å². The molecule has 0 aromatic carbocycles. The maximum absolute atomic E-state index is 12.2. The molecule has 1 atom stereocenters. The highest BCUT2D eigenvalue weighted by atomic mass is 32.1. The monoisotopic (exact) mass is 377 g/mol. The molecule has 1 aliphatic carbocycles. The standard InChI is InChI=1S/C17H23N5O3S/c1-11-7-13(20-25-11)8-14(23)18-9-17(2)10-22(5-6-24-17)16-19-15(21-26-16)12-3-4-12/h7,12H,3-6,8-10H2,1-2H3,(H,18,23). The molecule has 26 heavy (non-hydrogen) atoms. The van der Waals surface area contributed by atoms with Gasteiger partial charge in [0.15, 0.2) is 0 Å². The van der Waals surface area contributed by atoms with Crippen LogP contribution in [-0.2, 0) is 16.0 Å². The van der Waals surface area contributed by atoms with E-state index in [1.807, 2.05) is 13.8 Å². The first kappa shape index (κ1) is 17.4. The quantitative estimate of drug-likeness (QED) is 0.818. The Hall–Kier alpha value is -2.00. The Bertz CT molecular complexity index is 787. The number of ether oxygens (including phenoxy) is 1. The minimum atomic E-state index is -0.459. The number of amides is 1. The van der Waals surface area contributed by atoms with Gasteiger partial charge in [-0.25, -0.2) is 4.98 Å². The van der Waals surface area contributed by atoms with E-state index in [1.54, 1.807) is 6.07 Å². The van der Waals surface area contributed by atoms with Gasteiger partial charge in [-0.05, 0) is 26.7 Å². The number of nitrogens with one attached hydrogen (secondary N) is 1. The van der Waals surface area contributed by atoms with Gasteiger partial charge in [-0.15, -0.1) is 0 Å². The van der Waals surface area contributed by atoms with Crippen LogP contribution in [0.15, 0.2) is 10.6 Å². The Balaban J connectivity index is 1.32. The molecule has 1 saturated heterocycles. The number of aromatic nitrogens is 3. The number of nitrogens with zero attached hydrogens (tertiary/aromatic N) is 4. The van der Waals surface area contributed by atoms with Crippen LogP contribution in [-0.4, -0.2) is 52.3 Å². The SMILES string of the molecule is Cc1cc(CC(=O)NCC2(C)CN(c3nc(C4CC4)ns3)CCO2)no1. The molecule has 1 aliphatic heterocycles. The molecule has 1 N–H and O–H groups in total. The lowest BCUT2D eigenvalue weighted by molar-refractivity contribution is -0.122. The number of carbonyl (C=O) groups excluding carboxylic acids is 1. The minimum Gasteiger partial charge on any atom is -0.370 e. The van der Waals surface area contributed by atoms with E-state index in [0.717, 1.165) is 17.5 Å². The summed E-state index contributed by atoms with van der Waals surface area (Å²) in [4.78, 5) is 19.1. The van der Waals surface area contributed by atoms with Crippen molar-refractivity contribution in [2.75, 3.05) is 31.1 Å². The highest BCUT2D eigenvalue weighted by Crippen LogP contribution is 2.40. The topological polar surface area (TPSA) is 93.4 Å². The van der Waals surface area contributed by atoms with Crippen LogP contribution < -0.4 is 10.2 Å². The van der Waals surface area contributed by atoms with Gasteiger partial charge in [0, 0.05) is 36.6 Å². The summed E-state index contributed by atoms with van der Waals surface area (Å²) in [6.45, 7) is 6.34. The number of aryl methyl sites for hydroxylation is 1. The third-order valence-electron chi connectivity index (χ3n) is 4.66. The summed E-state index contributed by atoms with van der Waals surface area (Å²) in [6.07, 6.45) is 2.61. The molecule has 2 aromatic rings. The molecular formula is C17H23N5O3S. The summed E-state index contributed by atoms with van der Waals surface area (Å²) >= 11 is 1.46. The van der Waals surface area contributed by atoms with Crippen LogP contribution in [0.3, 0.4) is 0 Å². The summed E-state index contributed by atoms with van der Waals surface area (Å²) in [7, 11) is 0. The lowest BCUT2D eigenvalue weighted by atomic mass is 10.0. The van der Waals surface area contributed by atoms with Crippen LogP contribution in [0.25, 0.3) is 0 Å². The van der Waals surface area contributed by atoms with E-state index >= 15 is 0 Å². The second-order valence-corrected chi connectivity index (χ2v) is 8.04. The molecular weight excluding hydrogens is 354 g/mol. The fraction of sp³-hybridized carbons (Fsp3) is 0.647. The van der Waals surface area contributed by atoms with Gasteiger partial charge in [-0.2, -0.15) is 4.37 Å². The minimum absolute atomic E-state index is 0.0906. The van der Waals surface area contributed by atoms with E-state index in [4.69, 9.17) is 9.26 Å². The maximum atomic E-state index is 12.2. The fourth-order valence-corrected chi connectivity index (χ4v) is 3.85. The van der Waals surface area contributed by atoms with Gasteiger partial charge < -0.3 is 19.5 Å². The van der Waals surface area contributed by atoms with Crippen LogP contribution >= 0.6 is 11.5 Å². The summed E-state index contributed by atoms with van der Waals surface area (Å²) in [5.74, 6) is 2.15. The number of hydrogen-bond acceptors (Lipinski definition) is 8. The number of carbonyl (C=O) groups is 1. The average Bonchev–Trinajstić information content (AvgIpc) is 3.20. The van der Waals surface area contributed by atoms with Gasteiger partial charge in [0.2, 0.25) is 11.0 Å². The van der Waals surface area contributed by atoms with Crippen molar-refractivity contribution < 1.29 is 14.1 Å². The van der Waals surface area contributed by atoms with Gasteiger partial charge in [-0.1, -0.05) is 5.16 Å². The van der Waals surface area contributed by atoms with Crippen molar-refractivity contribution in [3.63, 3.8) is 0 Å². The summed E-state index contributed by atoms with van der Waals surface area (Å²) in [5, 5.41) is 7.75. The molecule has 1 saturated carbocycles. The predicted octanol–water partition coefficient (Wildman–Crippen LogP) is 1.67. The Labute approximate surface area is 156 Å². The molecule has 1 unspecified atom stereocenters. The third-order valence-corrected chi connectivity index (χ3v) is 5.45. The molecule has 0 bridgehead atoms. The number of rotatable bonds is 6. The Morgan fingerprint density at radius 1 is 1.50 bits per heavy atom. The lowest BCUT2D eigenvalue weighted by Gasteiger charge is -2.40. The van der Waals surface area contributed by atoms with Crippen LogP contribution in [0.1, 0.15) is 43.0 Å². The van der Waals surface area contributed by atoms with Crippen molar-refractivity contribution in [1.82, 2.24) is 19.8 Å². The molecule has 2 fully saturated rings. The van der Waals surface area contributed by atoms with Crippen molar-refractivity contribution >= 4 is 22.6 Å². The summed E-state index contributed by atoms with van der Waals surface area (Å²) in [6, 6.07) is 1.77. The molecule has 9 heteroatoms. The van der Waals surface area contributed by atoms with Crippen LogP contribution in [0.5, 0.6) is 0 Å². The van der Waals surface area contributed by atoms with Gasteiger partial charge in [0.05, 0.1) is 25.3 Å². The lowest BCUT2D eigenvalue weighted by Crippen LogP contribution is -2.55. The molecule has 8 nitrogen and oxygen atoms in total. The Morgan fingerprint density at radius 3 is 3.08 bits per heavy atom. The van der Waals surface area contributed by atoms with Crippen LogP contribution in [0.4, 0.5) is 5.13 Å². The average molecular weight is 377 g/mol. The summed E-state index contributed by atoms with van der Waals surface area (Å²) in [5.41, 5.74) is 0.178. The van der Waals surface area contributed by atoms with Crippen LogP contribution in [0, 0.1) is 6.92 Å². The van der Waals surface area contributed by atoms with Crippen molar-refractivity contribution in [2.45, 2.75) is 44.6 Å². The molecule has 0 spiro atoms. The van der Waals surface area contributed by atoms with Crippen molar-refractivity contribution in [2.24, 2.45) is 0 Å². The zero-order chi connectivity index (χ0) is 18.1. The van der Waals surface area contributed by atoms with Crippen LogP contribution in [0.2, 0.25) is 0 Å². The van der Waals surface area contributed by atoms with Gasteiger partial charge in [0.1, 0.15) is 17.2 Å². The number of anilines is 1. The second-order valence-electron chi connectivity index (χ2n) is 7.31. The number of morpholine rings is 1. The zero-order valence-corrected chi connectivity index (χ0v) is 15.8. The van der Waals surface area contributed by atoms with Gasteiger partial charge in [-0.3, -0.25) is 4.79 Å². The highest BCUT2D eigenvalue weighted by Gasteiger charge is 2.35. The second kappa shape index (κ2) is 6.96. The molecule has 4 rings (SSSR count). The van der Waals surface area contributed by atoms with E-state index in [-0.39, 0.29) is 12.3 Å². The van der Waals surface area contributed by atoms with E-state index in [2.05, 4.69) is 24.7 Å². The predicted molar refractivity (Wildman–Crippen MR) is 96.4 cm³/mol. The molecule has 1 amide bonds. The molecule has 140 valence electrons. The van der Waals surface area contributed by atoms with Crippen molar-refractivity contribution in [3.05, 3.63) is 23.3 Å². The van der Waals surface area contributed by atoms with E-state index < -0.39 is 5.60 Å². The highest BCUT2D eigenvalue weighted by molar-refractivity contribution is 7.09. The third kappa shape index (κ3) is 4.04. The van der Waals surface area contributed by atoms with Crippen molar-refractivity contribution in [1.29, 1.82) is 0 Å². The summed E-state index contributed by atoms with van der Waals surface area (Å²) < 4.78 is 15.4. The zero-order valence-electron chi connectivity index (χ0n) is 15.0. The maximum Gasteiger partial charge on any atom is 0.226 e. The Morgan fingerprint density at radius 2 is 2.35 bits per heavy atom. The number of hydrogen-bond donors (Lipinski definition) is 1. The molecule has 2 aromatic heterocycles.